The fraction of sp³-hybridized carbons (Fsp3) is 0.152. The Hall–Kier alpha value is -6.48. The standard InChI is InChI=1S/C16H13NO7.C16H15NO5.CH4O/c1-22-15(18)10-3-6-12(7-4-10)24-14-8-5-11(17(20)21)9-13(14)16(19)23-2;1-20-15(18)10-3-6-12(7-4-10)22-14-8-5-11(17)9-13(14)16(19)21-2;1-2/h3-9H,1-2H3;3-9H,17H2,1-2H3;2H,1H3. The Morgan fingerprint density at radius 1 is 0.583 bits per heavy atom. The van der Waals surface area contributed by atoms with Crippen molar-refractivity contribution in [3.63, 3.8) is 0 Å². The van der Waals surface area contributed by atoms with E-state index in [4.69, 9.17) is 25.1 Å². The molecule has 4 aromatic carbocycles. The van der Waals surface area contributed by atoms with Gasteiger partial charge in [-0.2, -0.15) is 0 Å². The first-order valence-corrected chi connectivity index (χ1v) is 13.5. The summed E-state index contributed by atoms with van der Waals surface area (Å²) in [5.74, 6) is -1.04. The van der Waals surface area contributed by atoms with E-state index in [0.29, 0.717) is 34.1 Å². The van der Waals surface area contributed by atoms with E-state index in [1.54, 1.807) is 36.4 Å². The van der Waals surface area contributed by atoms with Crippen LogP contribution < -0.4 is 15.2 Å². The fourth-order valence-electron chi connectivity index (χ4n) is 3.70. The van der Waals surface area contributed by atoms with E-state index < -0.39 is 28.8 Å². The molecule has 3 N–H and O–H groups in total. The third-order valence-corrected chi connectivity index (χ3v) is 5.99. The molecule has 0 radical (unpaired) electrons. The van der Waals surface area contributed by atoms with E-state index in [1.165, 1.54) is 63.8 Å². The lowest BCUT2D eigenvalue weighted by atomic mass is 10.1. The molecule has 15 nitrogen and oxygen atoms in total. The highest BCUT2D eigenvalue weighted by Gasteiger charge is 2.19. The molecule has 0 aliphatic heterocycles. The van der Waals surface area contributed by atoms with Crippen LogP contribution in [0.1, 0.15) is 41.4 Å². The Balaban J connectivity index is 0.000000318. The zero-order chi connectivity index (χ0) is 35.8. The van der Waals surface area contributed by atoms with E-state index in [0.717, 1.165) is 20.3 Å². The maximum Gasteiger partial charge on any atom is 0.341 e. The summed E-state index contributed by atoms with van der Waals surface area (Å²) in [4.78, 5) is 56.5. The van der Waals surface area contributed by atoms with Gasteiger partial charge in [0.25, 0.3) is 5.69 Å². The lowest BCUT2D eigenvalue weighted by Crippen LogP contribution is -2.05. The average Bonchev–Trinajstić information content (AvgIpc) is 3.12. The molecule has 0 bridgehead atoms. The topological polar surface area (TPSA) is 213 Å². The number of aliphatic hydroxyl groups is 1. The molecule has 0 heterocycles. The zero-order valence-electron chi connectivity index (χ0n) is 26.5. The number of esters is 4. The molecule has 0 unspecified atom stereocenters. The lowest BCUT2D eigenvalue weighted by Gasteiger charge is -2.11. The van der Waals surface area contributed by atoms with E-state index in [-0.39, 0.29) is 22.6 Å². The third-order valence-electron chi connectivity index (χ3n) is 5.99. The predicted octanol–water partition coefficient (Wildman–Crippen LogP) is 5.20. The van der Waals surface area contributed by atoms with Crippen molar-refractivity contribution in [2.75, 3.05) is 41.3 Å². The Morgan fingerprint density at radius 3 is 1.33 bits per heavy atom. The fourth-order valence-corrected chi connectivity index (χ4v) is 3.70. The number of non-ortho nitro benzene ring substituents is 1. The van der Waals surface area contributed by atoms with Crippen molar-refractivity contribution >= 4 is 35.3 Å². The second-order valence-corrected chi connectivity index (χ2v) is 8.91. The Morgan fingerprint density at radius 2 is 0.958 bits per heavy atom. The summed E-state index contributed by atoms with van der Waals surface area (Å²) >= 11 is 0. The van der Waals surface area contributed by atoms with Crippen LogP contribution in [-0.4, -0.2) is 69.5 Å². The second-order valence-electron chi connectivity index (χ2n) is 8.91. The van der Waals surface area contributed by atoms with Gasteiger partial charge in [-0.25, -0.2) is 19.2 Å². The molecule has 4 rings (SSSR count). The number of aliphatic hydroxyl groups excluding tert-OH is 1. The third kappa shape index (κ3) is 10.3. The normalized spacial score (nSPS) is 9.62. The van der Waals surface area contributed by atoms with Gasteiger partial charge < -0.3 is 39.3 Å². The first-order valence-electron chi connectivity index (χ1n) is 13.5. The van der Waals surface area contributed by atoms with Crippen LogP contribution in [0.2, 0.25) is 0 Å². The number of hydrogen-bond donors (Lipinski definition) is 2. The number of nitrogens with zero attached hydrogens (tertiary/aromatic N) is 1. The van der Waals surface area contributed by atoms with Crippen molar-refractivity contribution in [2.45, 2.75) is 0 Å². The maximum absolute atomic E-state index is 11.8. The minimum atomic E-state index is -0.764. The number of nitrogens with two attached hydrogens (primary N) is 1. The van der Waals surface area contributed by atoms with Crippen LogP contribution in [0.5, 0.6) is 23.0 Å². The van der Waals surface area contributed by atoms with Gasteiger partial charge in [-0.1, -0.05) is 0 Å². The van der Waals surface area contributed by atoms with Crippen molar-refractivity contribution in [2.24, 2.45) is 0 Å². The van der Waals surface area contributed by atoms with Gasteiger partial charge in [0.2, 0.25) is 0 Å². The molecule has 252 valence electrons. The zero-order valence-corrected chi connectivity index (χ0v) is 26.5. The highest BCUT2D eigenvalue weighted by molar-refractivity contribution is 5.94. The Labute approximate surface area is 274 Å². The molecule has 0 aliphatic carbocycles. The van der Waals surface area contributed by atoms with Crippen LogP contribution in [0.4, 0.5) is 11.4 Å². The first kappa shape index (κ1) is 37.7. The van der Waals surface area contributed by atoms with E-state index >= 15 is 0 Å². The number of hydrogen-bond acceptors (Lipinski definition) is 14. The van der Waals surface area contributed by atoms with Crippen LogP contribution in [0.3, 0.4) is 0 Å². The minimum Gasteiger partial charge on any atom is -0.465 e. The van der Waals surface area contributed by atoms with Gasteiger partial charge in [0.15, 0.2) is 0 Å². The molecule has 48 heavy (non-hydrogen) atoms. The van der Waals surface area contributed by atoms with Gasteiger partial charge in [-0.3, -0.25) is 10.1 Å². The first-order chi connectivity index (χ1) is 23.0. The van der Waals surface area contributed by atoms with E-state index in [1.807, 2.05) is 0 Å². The van der Waals surface area contributed by atoms with Crippen molar-refractivity contribution in [1.29, 1.82) is 0 Å². The van der Waals surface area contributed by atoms with Gasteiger partial charge >= 0.3 is 23.9 Å². The predicted molar refractivity (Wildman–Crippen MR) is 170 cm³/mol. The molecular formula is C33H32N2O13. The van der Waals surface area contributed by atoms with Crippen LogP contribution in [0.25, 0.3) is 0 Å². The molecule has 4 aromatic rings. The van der Waals surface area contributed by atoms with Crippen LogP contribution in [0.15, 0.2) is 84.9 Å². The molecule has 0 aromatic heterocycles. The van der Waals surface area contributed by atoms with Crippen molar-refractivity contribution in [3.8, 4) is 23.0 Å². The van der Waals surface area contributed by atoms with Gasteiger partial charge in [-0.05, 0) is 72.8 Å². The molecular weight excluding hydrogens is 632 g/mol. The average molecular weight is 665 g/mol. The van der Waals surface area contributed by atoms with Crippen LogP contribution >= 0.6 is 0 Å². The molecule has 0 saturated carbocycles. The number of nitrogen functional groups attached to an aromatic ring is 1. The molecule has 0 atom stereocenters. The highest BCUT2D eigenvalue weighted by atomic mass is 16.6. The summed E-state index contributed by atoms with van der Waals surface area (Å²) in [6.07, 6.45) is 0. The van der Waals surface area contributed by atoms with Crippen LogP contribution in [0, 0.1) is 10.1 Å². The summed E-state index contributed by atoms with van der Waals surface area (Å²) in [7, 11) is 6.02. The number of nitro groups is 1. The minimum absolute atomic E-state index is 0.0799. The van der Waals surface area contributed by atoms with Crippen molar-refractivity contribution in [3.05, 3.63) is 117 Å². The largest absolute Gasteiger partial charge is 0.465 e. The summed E-state index contributed by atoms with van der Waals surface area (Å²) < 4.78 is 29.7. The molecule has 0 fully saturated rings. The molecule has 0 amide bonds. The Bertz CT molecular complexity index is 1740. The molecule has 0 saturated heterocycles. The van der Waals surface area contributed by atoms with E-state index in [9.17, 15) is 29.3 Å². The number of carbonyl (C=O) groups is 4. The molecule has 0 aliphatic rings. The van der Waals surface area contributed by atoms with E-state index in [2.05, 4.69) is 14.2 Å². The second kappa shape index (κ2) is 18.5. The van der Waals surface area contributed by atoms with Gasteiger partial charge in [0.05, 0.1) is 44.5 Å². The smallest absolute Gasteiger partial charge is 0.341 e. The van der Waals surface area contributed by atoms with Gasteiger partial charge in [0.1, 0.15) is 34.1 Å². The number of methoxy groups -OCH3 is 4. The Kier molecular flexibility index (Phi) is 14.5. The monoisotopic (exact) mass is 664 g/mol. The number of ether oxygens (including phenoxy) is 6. The number of rotatable bonds is 9. The van der Waals surface area contributed by atoms with Crippen LogP contribution in [-0.2, 0) is 18.9 Å². The molecule has 0 spiro atoms. The summed E-state index contributed by atoms with van der Waals surface area (Å²) in [5, 5.41) is 17.8. The quantitative estimate of drug-likeness (QED) is 0.0773. The summed E-state index contributed by atoms with van der Waals surface area (Å²) in [5.41, 5.74) is 6.71. The van der Waals surface area contributed by atoms with Crippen molar-refractivity contribution < 1.29 is 57.6 Å². The van der Waals surface area contributed by atoms with Crippen molar-refractivity contribution in [1.82, 2.24) is 0 Å². The number of anilines is 1. The summed E-state index contributed by atoms with van der Waals surface area (Å²) in [6.45, 7) is 0. The molecule has 15 heteroatoms. The van der Waals surface area contributed by atoms with Gasteiger partial charge in [0, 0.05) is 24.9 Å². The SMILES string of the molecule is CO.COC(=O)c1ccc(Oc2ccc(N)cc2C(=O)OC)cc1.COC(=O)c1ccc(Oc2ccc([N+](=O)[O-])cc2C(=O)OC)cc1. The lowest BCUT2D eigenvalue weighted by molar-refractivity contribution is -0.384. The van der Waals surface area contributed by atoms with Gasteiger partial charge in [-0.15, -0.1) is 0 Å². The number of benzene rings is 4. The number of carbonyl (C=O) groups excluding carboxylic acids is 4. The number of nitro benzene ring substituents is 1. The summed E-state index contributed by atoms with van der Waals surface area (Å²) in [6, 6.07) is 20.6. The maximum atomic E-state index is 11.8. The highest BCUT2D eigenvalue weighted by Crippen LogP contribution is 2.30.